The highest BCUT2D eigenvalue weighted by Crippen LogP contribution is 2.36. The lowest BCUT2D eigenvalue weighted by Gasteiger charge is -2.27. The van der Waals surface area contributed by atoms with Crippen LogP contribution in [-0.4, -0.2) is 22.9 Å². The maximum absolute atomic E-state index is 13.2. The molecular formula is C17H17F2NO3S. The number of hydrogen-bond donors (Lipinski definition) is 2. The monoisotopic (exact) mass is 353 g/mol. The number of carboxylic acids is 1. The molecule has 7 heteroatoms. The fraction of sp³-hybridized carbons (Fsp3) is 0.412. The van der Waals surface area contributed by atoms with Crippen molar-refractivity contribution in [1.82, 2.24) is 5.32 Å². The number of rotatable bonds is 4. The van der Waals surface area contributed by atoms with Gasteiger partial charge in [-0.2, -0.15) is 0 Å². The van der Waals surface area contributed by atoms with E-state index in [0.29, 0.717) is 5.56 Å². The summed E-state index contributed by atoms with van der Waals surface area (Å²) in [6.07, 6.45) is -0.219. The van der Waals surface area contributed by atoms with Gasteiger partial charge in [-0.1, -0.05) is 18.2 Å². The van der Waals surface area contributed by atoms with E-state index in [0.717, 1.165) is 10.1 Å². The number of carbonyl (C=O) groups is 2. The maximum Gasteiger partial charge on any atom is 0.346 e. The molecule has 0 saturated heterocycles. The van der Waals surface area contributed by atoms with Crippen LogP contribution in [0.4, 0.5) is 8.78 Å². The summed E-state index contributed by atoms with van der Waals surface area (Å²) in [5.74, 6) is -4.41. The van der Waals surface area contributed by atoms with Crippen LogP contribution in [0.15, 0.2) is 24.3 Å². The van der Waals surface area contributed by atoms with Gasteiger partial charge >= 0.3 is 5.97 Å². The molecular weight excluding hydrogens is 336 g/mol. The van der Waals surface area contributed by atoms with E-state index in [9.17, 15) is 23.5 Å². The van der Waals surface area contributed by atoms with Gasteiger partial charge in [-0.15, -0.1) is 11.3 Å². The molecule has 1 aromatic carbocycles. The largest absolute Gasteiger partial charge is 0.477 e. The molecule has 0 bridgehead atoms. The van der Waals surface area contributed by atoms with E-state index in [4.69, 9.17) is 0 Å². The second-order valence-corrected chi connectivity index (χ2v) is 7.11. The summed E-state index contributed by atoms with van der Waals surface area (Å²) in [5.41, 5.74) is 0.567. The molecule has 128 valence electrons. The molecule has 1 amide bonds. The van der Waals surface area contributed by atoms with Gasteiger partial charge in [-0.05, 0) is 24.3 Å². The van der Waals surface area contributed by atoms with Crippen LogP contribution < -0.4 is 5.32 Å². The summed E-state index contributed by atoms with van der Waals surface area (Å²) in [6, 6.07) is 7.30. The van der Waals surface area contributed by atoms with Crippen LogP contribution in [-0.2, 0) is 11.3 Å². The van der Waals surface area contributed by atoms with Gasteiger partial charge in [0.1, 0.15) is 4.88 Å². The van der Waals surface area contributed by atoms with E-state index in [1.807, 2.05) is 24.3 Å². The average Bonchev–Trinajstić information content (AvgIpc) is 2.91. The summed E-state index contributed by atoms with van der Waals surface area (Å²) in [4.78, 5) is 23.8. The maximum atomic E-state index is 13.2. The second-order valence-electron chi connectivity index (χ2n) is 6.06. The first-order chi connectivity index (χ1) is 11.4. The van der Waals surface area contributed by atoms with Crippen molar-refractivity contribution in [1.29, 1.82) is 0 Å². The first-order valence-electron chi connectivity index (χ1n) is 7.76. The predicted molar refractivity (Wildman–Crippen MR) is 87.5 cm³/mol. The number of hydrogen-bond acceptors (Lipinski definition) is 3. The van der Waals surface area contributed by atoms with Gasteiger partial charge in [-0.3, -0.25) is 4.79 Å². The van der Waals surface area contributed by atoms with Gasteiger partial charge in [0.25, 0.3) is 0 Å². The van der Waals surface area contributed by atoms with Crippen molar-refractivity contribution in [2.24, 2.45) is 5.92 Å². The SMILES string of the molecule is O=C(O)c1sc2ccccc2c1CNC(=O)C1CCC(F)(F)CC1. The highest BCUT2D eigenvalue weighted by Gasteiger charge is 2.37. The van der Waals surface area contributed by atoms with E-state index >= 15 is 0 Å². The van der Waals surface area contributed by atoms with E-state index in [2.05, 4.69) is 5.32 Å². The van der Waals surface area contributed by atoms with Gasteiger partial charge in [0.05, 0.1) is 0 Å². The van der Waals surface area contributed by atoms with Crippen molar-refractivity contribution < 1.29 is 23.5 Å². The molecule has 1 saturated carbocycles. The van der Waals surface area contributed by atoms with E-state index in [1.165, 1.54) is 11.3 Å². The zero-order valence-electron chi connectivity index (χ0n) is 12.9. The Kier molecular flexibility index (Phi) is 4.54. The Labute approximate surface area is 141 Å². The molecule has 1 aromatic heterocycles. The van der Waals surface area contributed by atoms with Crippen LogP contribution >= 0.6 is 11.3 Å². The average molecular weight is 353 g/mol. The number of benzene rings is 1. The van der Waals surface area contributed by atoms with Crippen LogP contribution in [0.5, 0.6) is 0 Å². The number of amides is 1. The number of aromatic carboxylic acids is 1. The number of nitrogens with one attached hydrogen (secondary N) is 1. The normalized spacial score (nSPS) is 17.8. The molecule has 0 spiro atoms. The van der Waals surface area contributed by atoms with Crippen molar-refractivity contribution in [3.63, 3.8) is 0 Å². The van der Waals surface area contributed by atoms with Crippen LogP contribution in [0.3, 0.4) is 0 Å². The van der Waals surface area contributed by atoms with Crippen LogP contribution in [0, 0.1) is 5.92 Å². The number of carbonyl (C=O) groups excluding carboxylic acids is 1. The lowest BCUT2D eigenvalue weighted by molar-refractivity contribution is -0.129. The molecule has 1 aliphatic carbocycles. The molecule has 1 aliphatic rings. The highest BCUT2D eigenvalue weighted by atomic mass is 32.1. The number of alkyl halides is 2. The molecule has 3 rings (SSSR count). The van der Waals surface area contributed by atoms with Crippen molar-refractivity contribution in [3.8, 4) is 0 Å². The van der Waals surface area contributed by atoms with Gasteiger partial charge in [-0.25, -0.2) is 13.6 Å². The number of thiophene rings is 1. The van der Waals surface area contributed by atoms with Gasteiger partial charge in [0.2, 0.25) is 11.8 Å². The quantitative estimate of drug-likeness (QED) is 0.872. The minimum Gasteiger partial charge on any atom is -0.477 e. The number of fused-ring (bicyclic) bond motifs is 1. The Balaban J connectivity index is 1.72. The Morgan fingerprint density at radius 3 is 2.58 bits per heavy atom. The Morgan fingerprint density at radius 1 is 1.25 bits per heavy atom. The predicted octanol–water partition coefficient (Wildman–Crippen LogP) is 4.04. The molecule has 2 N–H and O–H groups in total. The molecule has 0 radical (unpaired) electrons. The van der Waals surface area contributed by atoms with E-state index in [1.54, 1.807) is 0 Å². The Bertz CT molecular complexity index is 777. The number of halogens is 2. The van der Waals surface area contributed by atoms with E-state index in [-0.39, 0.29) is 43.0 Å². The fourth-order valence-corrected chi connectivity index (χ4v) is 4.13. The number of carboxylic acid groups (broad SMARTS) is 1. The Morgan fingerprint density at radius 2 is 1.92 bits per heavy atom. The van der Waals surface area contributed by atoms with Crippen LogP contribution in [0.2, 0.25) is 0 Å². The third-order valence-corrected chi connectivity index (χ3v) is 5.62. The molecule has 1 fully saturated rings. The smallest absolute Gasteiger partial charge is 0.346 e. The molecule has 4 nitrogen and oxygen atoms in total. The lowest BCUT2D eigenvalue weighted by Crippen LogP contribution is -2.35. The van der Waals surface area contributed by atoms with Gasteiger partial charge in [0.15, 0.2) is 0 Å². The molecule has 0 aliphatic heterocycles. The zero-order valence-corrected chi connectivity index (χ0v) is 13.7. The van der Waals surface area contributed by atoms with Crippen LogP contribution in [0.1, 0.15) is 40.9 Å². The molecule has 0 unspecified atom stereocenters. The third-order valence-electron chi connectivity index (χ3n) is 4.42. The lowest BCUT2D eigenvalue weighted by atomic mass is 9.86. The van der Waals surface area contributed by atoms with E-state index < -0.39 is 17.8 Å². The second kappa shape index (κ2) is 6.47. The summed E-state index contributed by atoms with van der Waals surface area (Å²) in [6.45, 7) is 0.0946. The first kappa shape index (κ1) is 16.8. The molecule has 24 heavy (non-hydrogen) atoms. The Hall–Kier alpha value is -2.02. The van der Waals surface area contributed by atoms with Crippen molar-refractivity contribution in [3.05, 3.63) is 34.7 Å². The minimum absolute atomic E-state index is 0.0946. The fourth-order valence-electron chi connectivity index (χ4n) is 3.07. The summed E-state index contributed by atoms with van der Waals surface area (Å²) in [7, 11) is 0. The van der Waals surface area contributed by atoms with Gasteiger partial charge < -0.3 is 10.4 Å². The highest BCUT2D eigenvalue weighted by molar-refractivity contribution is 7.21. The standard InChI is InChI=1S/C17H17F2NO3S/c18-17(19)7-5-10(6-8-17)15(21)20-9-12-11-3-1-2-4-13(11)24-14(12)16(22)23/h1-4,10H,5-9H2,(H,20,21)(H,22,23). The van der Waals surface area contributed by atoms with Crippen molar-refractivity contribution >= 4 is 33.3 Å². The molecule has 0 atom stereocenters. The third kappa shape index (κ3) is 3.40. The van der Waals surface area contributed by atoms with Gasteiger partial charge in [0, 0.05) is 35.6 Å². The summed E-state index contributed by atoms with van der Waals surface area (Å²) < 4.78 is 27.2. The van der Waals surface area contributed by atoms with Crippen molar-refractivity contribution in [2.45, 2.75) is 38.2 Å². The topological polar surface area (TPSA) is 66.4 Å². The van der Waals surface area contributed by atoms with Crippen molar-refractivity contribution in [2.75, 3.05) is 0 Å². The first-order valence-corrected chi connectivity index (χ1v) is 8.58. The summed E-state index contributed by atoms with van der Waals surface area (Å²) in [5, 5.41) is 12.9. The van der Waals surface area contributed by atoms with Crippen LogP contribution in [0.25, 0.3) is 10.1 Å². The molecule has 1 heterocycles. The zero-order chi connectivity index (χ0) is 17.3. The summed E-state index contributed by atoms with van der Waals surface area (Å²) >= 11 is 1.17. The minimum atomic E-state index is -2.67. The molecule has 2 aromatic rings.